The molecule has 1 aromatic heterocycles. The minimum Gasteiger partial charge on any atom is -0.480 e. The second kappa shape index (κ2) is 10.3. The lowest BCUT2D eigenvalue weighted by Crippen LogP contribution is -2.42. The molecule has 1 fully saturated rings. The third-order valence-electron chi connectivity index (χ3n) is 6.72. The number of aryl methyl sites for hydroxylation is 1. The van der Waals surface area contributed by atoms with E-state index < -0.39 is 29.6 Å². The summed E-state index contributed by atoms with van der Waals surface area (Å²) >= 11 is 0. The summed E-state index contributed by atoms with van der Waals surface area (Å²) in [4.78, 5) is 54.6. The molecule has 4 N–H and O–H groups in total. The molecule has 3 heterocycles. The van der Waals surface area contributed by atoms with Crippen LogP contribution in [0.15, 0.2) is 18.2 Å². The number of benzene rings is 1. The van der Waals surface area contributed by atoms with Crippen molar-refractivity contribution in [3.63, 3.8) is 0 Å². The van der Waals surface area contributed by atoms with E-state index in [-0.39, 0.29) is 29.9 Å². The molecule has 1 atom stereocenters. The molecule has 0 saturated carbocycles. The summed E-state index contributed by atoms with van der Waals surface area (Å²) in [6.07, 6.45) is 4.53. The van der Waals surface area contributed by atoms with Crippen LogP contribution in [0.4, 0.5) is 10.1 Å². The van der Waals surface area contributed by atoms with Crippen molar-refractivity contribution in [1.82, 2.24) is 15.2 Å². The Morgan fingerprint density at radius 2 is 1.92 bits per heavy atom. The molecule has 0 radical (unpaired) electrons. The molecular formula is C26H29FN4O5. The maximum atomic E-state index is 13.8. The minimum absolute atomic E-state index is 0.0155. The first-order chi connectivity index (χ1) is 17.2. The number of piperidine rings is 1. The molecule has 2 aliphatic heterocycles. The van der Waals surface area contributed by atoms with Gasteiger partial charge in [0.15, 0.2) is 0 Å². The van der Waals surface area contributed by atoms with Gasteiger partial charge in [-0.3, -0.25) is 14.4 Å². The SMILES string of the molecule is Cc1[nH]c(/C=C2\C(=O)Nc3ccc(F)cc32)c(C)c1C(=O)N[C@H](CCC(=O)N1CCCCC1)C(=O)O. The van der Waals surface area contributed by atoms with Gasteiger partial charge in [-0.25, -0.2) is 9.18 Å². The number of H-pyrrole nitrogens is 1. The molecule has 0 unspecified atom stereocenters. The highest BCUT2D eigenvalue weighted by Crippen LogP contribution is 2.34. The first kappa shape index (κ1) is 25.2. The van der Waals surface area contributed by atoms with E-state index in [2.05, 4.69) is 15.6 Å². The van der Waals surface area contributed by atoms with E-state index in [1.54, 1.807) is 24.8 Å². The van der Waals surface area contributed by atoms with Crippen LogP contribution in [-0.4, -0.2) is 57.8 Å². The van der Waals surface area contributed by atoms with E-state index in [4.69, 9.17) is 0 Å². The zero-order chi connectivity index (χ0) is 26.0. The van der Waals surface area contributed by atoms with Crippen molar-refractivity contribution in [2.45, 2.75) is 52.0 Å². The van der Waals surface area contributed by atoms with Gasteiger partial charge in [-0.2, -0.15) is 0 Å². The van der Waals surface area contributed by atoms with Gasteiger partial charge in [0.2, 0.25) is 5.91 Å². The van der Waals surface area contributed by atoms with Crippen molar-refractivity contribution >= 4 is 41.0 Å². The Bertz CT molecular complexity index is 1260. The van der Waals surface area contributed by atoms with Crippen molar-refractivity contribution in [3.8, 4) is 0 Å². The average molecular weight is 497 g/mol. The number of carbonyl (C=O) groups excluding carboxylic acids is 3. The summed E-state index contributed by atoms with van der Waals surface area (Å²) < 4.78 is 13.8. The largest absolute Gasteiger partial charge is 0.480 e. The van der Waals surface area contributed by atoms with E-state index in [9.17, 15) is 28.7 Å². The van der Waals surface area contributed by atoms with Gasteiger partial charge < -0.3 is 25.6 Å². The number of nitrogens with zero attached hydrogens (tertiary/aromatic N) is 1. The monoisotopic (exact) mass is 496 g/mol. The first-order valence-corrected chi connectivity index (χ1v) is 12.0. The molecule has 0 spiro atoms. The number of fused-ring (bicyclic) bond motifs is 1. The smallest absolute Gasteiger partial charge is 0.326 e. The molecule has 1 saturated heterocycles. The molecular weight excluding hydrogens is 467 g/mol. The molecule has 2 aliphatic rings. The highest BCUT2D eigenvalue weighted by atomic mass is 19.1. The molecule has 2 aromatic rings. The predicted molar refractivity (Wildman–Crippen MR) is 132 cm³/mol. The molecule has 1 aromatic carbocycles. The number of aromatic nitrogens is 1. The fourth-order valence-electron chi connectivity index (χ4n) is 4.76. The summed E-state index contributed by atoms with van der Waals surface area (Å²) in [7, 11) is 0. The zero-order valence-electron chi connectivity index (χ0n) is 20.2. The summed E-state index contributed by atoms with van der Waals surface area (Å²) in [5, 5.41) is 14.9. The van der Waals surface area contributed by atoms with Crippen LogP contribution in [0, 0.1) is 19.7 Å². The number of aromatic amines is 1. The van der Waals surface area contributed by atoms with E-state index in [1.807, 2.05) is 0 Å². The van der Waals surface area contributed by atoms with Crippen LogP contribution < -0.4 is 10.6 Å². The number of carboxylic acids is 1. The number of hydrogen-bond acceptors (Lipinski definition) is 4. The lowest BCUT2D eigenvalue weighted by molar-refractivity contribution is -0.139. The summed E-state index contributed by atoms with van der Waals surface area (Å²) in [6, 6.07) is 2.78. The zero-order valence-corrected chi connectivity index (χ0v) is 20.2. The van der Waals surface area contributed by atoms with Gasteiger partial charge in [-0.1, -0.05) is 0 Å². The summed E-state index contributed by atoms with van der Waals surface area (Å²) in [5.41, 5.74) is 2.91. The Balaban J connectivity index is 1.50. The number of rotatable bonds is 7. The topological polar surface area (TPSA) is 132 Å². The highest BCUT2D eigenvalue weighted by Gasteiger charge is 2.28. The lowest BCUT2D eigenvalue weighted by atomic mass is 10.0. The molecule has 36 heavy (non-hydrogen) atoms. The van der Waals surface area contributed by atoms with Gasteiger partial charge in [-0.15, -0.1) is 0 Å². The van der Waals surface area contributed by atoms with Crippen molar-refractivity contribution in [2.75, 3.05) is 18.4 Å². The van der Waals surface area contributed by atoms with E-state index in [1.165, 1.54) is 18.2 Å². The van der Waals surface area contributed by atoms with Crippen molar-refractivity contribution in [2.24, 2.45) is 0 Å². The van der Waals surface area contributed by atoms with Gasteiger partial charge in [0, 0.05) is 42.1 Å². The summed E-state index contributed by atoms with van der Waals surface area (Å²) in [6.45, 7) is 4.71. The third-order valence-corrected chi connectivity index (χ3v) is 6.72. The van der Waals surface area contributed by atoms with Gasteiger partial charge in [0.1, 0.15) is 11.9 Å². The first-order valence-electron chi connectivity index (χ1n) is 12.0. The van der Waals surface area contributed by atoms with Crippen LogP contribution in [0.5, 0.6) is 0 Å². The maximum absolute atomic E-state index is 13.8. The van der Waals surface area contributed by atoms with Crippen molar-refractivity contribution < 1.29 is 28.7 Å². The van der Waals surface area contributed by atoms with Crippen LogP contribution in [0.2, 0.25) is 0 Å². The Morgan fingerprint density at radius 3 is 2.61 bits per heavy atom. The third kappa shape index (κ3) is 5.17. The second-order valence-electron chi connectivity index (χ2n) is 9.21. The fraction of sp³-hybridized carbons (Fsp3) is 0.385. The van der Waals surface area contributed by atoms with E-state index in [0.29, 0.717) is 41.3 Å². The van der Waals surface area contributed by atoms with Gasteiger partial charge in [0.25, 0.3) is 11.8 Å². The van der Waals surface area contributed by atoms with Crippen LogP contribution in [0.1, 0.15) is 65.0 Å². The van der Waals surface area contributed by atoms with Crippen LogP contribution in [0.3, 0.4) is 0 Å². The van der Waals surface area contributed by atoms with Crippen LogP contribution >= 0.6 is 0 Å². The van der Waals surface area contributed by atoms with Crippen LogP contribution in [-0.2, 0) is 14.4 Å². The Kier molecular flexibility index (Phi) is 7.23. The van der Waals surface area contributed by atoms with Crippen LogP contribution in [0.25, 0.3) is 11.6 Å². The molecule has 0 aliphatic carbocycles. The number of carbonyl (C=O) groups is 4. The molecule has 4 rings (SSSR count). The molecule has 3 amide bonds. The Hall–Kier alpha value is -3.95. The number of carboxylic acid groups (broad SMARTS) is 1. The molecule has 0 bridgehead atoms. The number of amides is 3. The number of likely N-dealkylation sites (tertiary alicyclic amines) is 1. The van der Waals surface area contributed by atoms with Crippen molar-refractivity contribution in [3.05, 3.63) is 52.1 Å². The number of nitrogens with one attached hydrogen (secondary N) is 3. The standard InChI is InChI=1S/C26H29FN4O5/c1-14-21(13-18-17-12-16(27)6-7-19(17)29-24(18)33)28-15(2)23(14)25(34)30-20(26(35)36)8-9-22(32)31-10-4-3-5-11-31/h6-7,12-13,20,28H,3-5,8-11H2,1-2H3,(H,29,33)(H,30,34)(H,35,36)/b18-13-/t20-/m1/s1. The maximum Gasteiger partial charge on any atom is 0.326 e. The minimum atomic E-state index is -1.22. The summed E-state index contributed by atoms with van der Waals surface area (Å²) in [5.74, 6) is -2.79. The number of anilines is 1. The predicted octanol–water partition coefficient (Wildman–Crippen LogP) is 3.24. The molecule has 10 heteroatoms. The van der Waals surface area contributed by atoms with E-state index >= 15 is 0 Å². The lowest BCUT2D eigenvalue weighted by Gasteiger charge is -2.27. The quantitative estimate of drug-likeness (QED) is 0.437. The Labute approximate surface area is 207 Å². The molecule has 9 nitrogen and oxygen atoms in total. The van der Waals surface area contributed by atoms with Gasteiger partial charge >= 0.3 is 5.97 Å². The normalized spacial score (nSPS) is 17.0. The highest BCUT2D eigenvalue weighted by molar-refractivity contribution is 6.34. The van der Waals surface area contributed by atoms with E-state index in [0.717, 1.165) is 19.3 Å². The van der Waals surface area contributed by atoms with Gasteiger partial charge in [0.05, 0.1) is 11.1 Å². The average Bonchev–Trinajstić information content (AvgIpc) is 3.31. The van der Waals surface area contributed by atoms with Crippen molar-refractivity contribution in [1.29, 1.82) is 0 Å². The number of hydrogen-bond donors (Lipinski definition) is 4. The molecule has 190 valence electrons. The van der Waals surface area contributed by atoms with Gasteiger partial charge in [-0.05, 0) is 69.4 Å². The second-order valence-corrected chi connectivity index (χ2v) is 9.21. The number of halogens is 1. The number of aliphatic carboxylic acids is 1. The fourth-order valence-corrected chi connectivity index (χ4v) is 4.76. The Morgan fingerprint density at radius 1 is 1.19 bits per heavy atom.